The van der Waals surface area contributed by atoms with Crippen molar-refractivity contribution in [2.75, 3.05) is 0 Å². The summed E-state index contributed by atoms with van der Waals surface area (Å²) in [5, 5.41) is 18.9. The lowest BCUT2D eigenvalue weighted by molar-refractivity contribution is -0.385. The van der Waals surface area contributed by atoms with Crippen LogP contribution in [0.3, 0.4) is 0 Å². The highest BCUT2D eigenvalue weighted by molar-refractivity contribution is 6.92. The molecule has 1 N–H and O–H groups in total. The molecule has 0 radical (unpaired) electrons. The number of aromatic hydroxyl groups is 1. The first kappa shape index (κ1) is 9.85. The quantitative estimate of drug-likeness (QED) is 0.396. The number of phenolic OH excluding ortho intramolecular Hbond substituents is 1. The number of benzene rings is 1. The first-order valence-electron chi connectivity index (χ1n) is 2.64. The number of hydrogen-bond donors (Lipinski definition) is 1. The van der Waals surface area contributed by atoms with Crippen LogP contribution in [0.25, 0.3) is 0 Å². The number of nitrogens with zero attached hydrogens (tertiary/aromatic N) is 1. The monoisotopic (exact) mass is 173 g/mol. The number of nitro groups is 1. The molecule has 0 saturated heterocycles. The SMILES string of the molecule is O=[N+]([O-])c1ccccc1O.P. The second-order valence-corrected chi connectivity index (χ2v) is 1.75. The molecule has 0 saturated carbocycles. The van der Waals surface area contributed by atoms with E-state index in [1.165, 1.54) is 24.3 Å². The Balaban J connectivity index is 0.000001000. The summed E-state index contributed by atoms with van der Waals surface area (Å²) in [6, 6.07) is 5.55. The average Bonchev–Trinajstić information content (AvgIpc) is 1.88. The summed E-state index contributed by atoms with van der Waals surface area (Å²) in [4.78, 5) is 9.44. The average molecular weight is 173 g/mol. The van der Waals surface area contributed by atoms with Crippen molar-refractivity contribution in [1.82, 2.24) is 0 Å². The van der Waals surface area contributed by atoms with Gasteiger partial charge in [0.1, 0.15) is 0 Å². The van der Waals surface area contributed by atoms with Gasteiger partial charge in [-0.15, -0.1) is 0 Å². The second-order valence-electron chi connectivity index (χ2n) is 1.75. The lowest BCUT2D eigenvalue weighted by atomic mass is 10.3. The van der Waals surface area contributed by atoms with Crippen molar-refractivity contribution >= 4 is 15.6 Å². The number of phenols is 1. The Morgan fingerprint density at radius 1 is 1.36 bits per heavy atom. The summed E-state index contributed by atoms with van der Waals surface area (Å²) >= 11 is 0. The van der Waals surface area contributed by atoms with E-state index < -0.39 is 4.92 Å². The maximum Gasteiger partial charge on any atom is 0.310 e. The molecule has 0 bridgehead atoms. The molecule has 0 spiro atoms. The molecule has 1 aromatic carbocycles. The van der Waals surface area contributed by atoms with Crippen molar-refractivity contribution in [1.29, 1.82) is 0 Å². The minimum absolute atomic E-state index is 0. The van der Waals surface area contributed by atoms with E-state index in [9.17, 15) is 10.1 Å². The van der Waals surface area contributed by atoms with Gasteiger partial charge in [-0.05, 0) is 6.07 Å². The van der Waals surface area contributed by atoms with Gasteiger partial charge in [-0.25, -0.2) is 0 Å². The van der Waals surface area contributed by atoms with Crippen LogP contribution in [-0.2, 0) is 0 Å². The Hall–Kier alpha value is -1.15. The van der Waals surface area contributed by atoms with E-state index in [1.54, 1.807) is 0 Å². The molecule has 0 fully saturated rings. The predicted octanol–water partition coefficient (Wildman–Crippen LogP) is 1.36. The Bertz CT molecular complexity index is 264. The van der Waals surface area contributed by atoms with Crippen LogP contribution in [0, 0.1) is 10.1 Å². The summed E-state index contributed by atoms with van der Waals surface area (Å²) < 4.78 is 0. The maximum absolute atomic E-state index is 10.1. The molecule has 5 heteroatoms. The van der Waals surface area contributed by atoms with Crippen molar-refractivity contribution in [3.8, 4) is 5.75 Å². The third-order valence-corrected chi connectivity index (χ3v) is 1.08. The first-order chi connectivity index (χ1) is 4.72. The van der Waals surface area contributed by atoms with Crippen molar-refractivity contribution in [3.05, 3.63) is 34.4 Å². The third kappa shape index (κ3) is 2.16. The van der Waals surface area contributed by atoms with Gasteiger partial charge in [-0.3, -0.25) is 10.1 Å². The summed E-state index contributed by atoms with van der Waals surface area (Å²) in [5.74, 6) is -0.299. The highest BCUT2D eigenvalue weighted by atomic mass is 31.0. The molecule has 0 aromatic heterocycles. The minimum Gasteiger partial charge on any atom is -0.502 e. The molecule has 1 aromatic rings. The number of hydrogen-bond acceptors (Lipinski definition) is 3. The molecule has 60 valence electrons. The fraction of sp³-hybridized carbons (Fsp3) is 0. The van der Waals surface area contributed by atoms with Crippen LogP contribution >= 0.6 is 9.90 Å². The smallest absolute Gasteiger partial charge is 0.310 e. The van der Waals surface area contributed by atoms with Gasteiger partial charge in [0.05, 0.1) is 4.92 Å². The summed E-state index contributed by atoms with van der Waals surface area (Å²) in [7, 11) is 0. The van der Waals surface area contributed by atoms with Crippen LogP contribution < -0.4 is 0 Å². The van der Waals surface area contributed by atoms with Crippen LogP contribution in [0.4, 0.5) is 5.69 Å². The van der Waals surface area contributed by atoms with Crippen LogP contribution in [-0.4, -0.2) is 10.0 Å². The summed E-state index contributed by atoms with van der Waals surface area (Å²) in [6.45, 7) is 0. The maximum atomic E-state index is 10.1. The van der Waals surface area contributed by atoms with Gasteiger partial charge in [0.15, 0.2) is 5.75 Å². The van der Waals surface area contributed by atoms with E-state index in [-0.39, 0.29) is 21.3 Å². The van der Waals surface area contributed by atoms with Crippen LogP contribution in [0.1, 0.15) is 0 Å². The molecule has 1 unspecified atom stereocenters. The lowest BCUT2D eigenvalue weighted by Crippen LogP contribution is -1.86. The van der Waals surface area contributed by atoms with Gasteiger partial charge >= 0.3 is 5.69 Å². The fourth-order valence-electron chi connectivity index (χ4n) is 0.619. The van der Waals surface area contributed by atoms with E-state index in [0.717, 1.165) is 0 Å². The first-order valence-corrected chi connectivity index (χ1v) is 2.64. The topological polar surface area (TPSA) is 63.4 Å². The summed E-state index contributed by atoms with van der Waals surface area (Å²) in [6.07, 6.45) is 0. The number of nitro benzene ring substituents is 1. The van der Waals surface area contributed by atoms with Gasteiger partial charge in [0.25, 0.3) is 0 Å². The molecule has 0 aliphatic heterocycles. The Labute approximate surface area is 66.6 Å². The Morgan fingerprint density at radius 3 is 2.27 bits per heavy atom. The molecule has 0 amide bonds. The highest BCUT2D eigenvalue weighted by Crippen LogP contribution is 2.23. The zero-order chi connectivity index (χ0) is 7.56. The van der Waals surface area contributed by atoms with Crippen molar-refractivity contribution in [2.24, 2.45) is 0 Å². The molecule has 4 nitrogen and oxygen atoms in total. The van der Waals surface area contributed by atoms with E-state index in [0.29, 0.717) is 0 Å². The van der Waals surface area contributed by atoms with Crippen LogP contribution in [0.2, 0.25) is 0 Å². The second kappa shape index (κ2) is 3.88. The molecule has 0 heterocycles. The van der Waals surface area contributed by atoms with Gasteiger partial charge < -0.3 is 5.11 Å². The molecule has 0 aliphatic carbocycles. The van der Waals surface area contributed by atoms with E-state index in [1.807, 2.05) is 0 Å². The number of para-hydroxylation sites is 2. The molecular weight excluding hydrogens is 165 g/mol. The molecule has 11 heavy (non-hydrogen) atoms. The third-order valence-electron chi connectivity index (χ3n) is 1.08. The van der Waals surface area contributed by atoms with Gasteiger partial charge in [-0.1, -0.05) is 12.1 Å². The fourth-order valence-corrected chi connectivity index (χ4v) is 0.619. The lowest BCUT2D eigenvalue weighted by Gasteiger charge is -1.91. The van der Waals surface area contributed by atoms with E-state index >= 15 is 0 Å². The Kier molecular flexibility index (Phi) is 3.48. The van der Waals surface area contributed by atoms with Crippen LogP contribution in [0.15, 0.2) is 24.3 Å². The van der Waals surface area contributed by atoms with E-state index in [2.05, 4.69) is 0 Å². The van der Waals surface area contributed by atoms with E-state index in [4.69, 9.17) is 5.11 Å². The molecule has 0 aliphatic rings. The number of rotatable bonds is 1. The van der Waals surface area contributed by atoms with Crippen molar-refractivity contribution in [3.63, 3.8) is 0 Å². The van der Waals surface area contributed by atoms with Crippen molar-refractivity contribution < 1.29 is 10.0 Å². The molecule has 1 rings (SSSR count). The Morgan fingerprint density at radius 2 is 1.91 bits per heavy atom. The van der Waals surface area contributed by atoms with Gasteiger partial charge in [0, 0.05) is 6.07 Å². The normalized spacial score (nSPS) is 8.36. The minimum atomic E-state index is -0.630. The van der Waals surface area contributed by atoms with Crippen molar-refractivity contribution in [2.45, 2.75) is 0 Å². The van der Waals surface area contributed by atoms with Crippen LogP contribution in [0.5, 0.6) is 5.75 Å². The summed E-state index contributed by atoms with van der Waals surface area (Å²) in [5.41, 5.74) is -0.262. The standard InChI is InChI=1S/C6H5NO3.H3P/c8-6-4-2-1-3-5(6)7(9)10;/h1-4,8H;1H3. The zero-order valence-electron chi connectivity index (χ0n) is 5.73. The highest BCUT2D eigenvalue weighted by Gasteiger charge is 2.09. The predicted molar refractivity (Wildman–Crippen MR) is 45.9 cm³/mol. The van der Waals surface area contributed by atoms with Gasteiger partial charge in [-0.2, -0.15) is 9.90 Å². The molecule has 1 atom stereocenters. The zero-order valence-corrected chi connectivity index (χ0v) is 7.14. The van der Waals surface area contributed by atoms with Gasteiger partial charge in [0.2, 0.25) is 0 Å². The largest absolute Gasteiger partial charge is 0.502 e. The molecular formula is C6H8NO3P.